The zero-order valence-corrected chi connectivity index (χ0v) is 22.5. The van der Waals surface area contributed by atoms with E-state index in [9.17, 15) is 18.4 Å². The van der Waals surface area contributed by atoms with Crippen LogP contribution in [0.15, 0.2) is 76.4 Å². The molecule has 2 aromatic heterocycles. The number of aromatic nitrogens is 3. The molecule has 2 aromatic carbocycles. The Bertz CT molecular complexity index is 1550. The van der Waals surface area contributed by atoms with Gasteiger partial charge in [0, 0.05) is 42.7 Å². The van der Waals surface area contributed by atoms with Gasteiger partial charge in [0.15, 0.2) is 0 Å². The van der Waals surface area contributed by atoms with Crippen LogP contribution in [0, 0.1) is 18.6 Å². The van der Waals surface area contributed by atoms with Gasteiger partial charge in [-0.25, -0.2) is 13.6 Å². The molecule has 0 saturated carbocycles. The molecule has 4 aromatic rings. The van der Waals surface area contributed by atoms with E-state index in [1.165, 1.54) is 22.3 Å². The molecule has 9 heteroatoms. The molecule has 0 radical (unpaired) electrons. The molecule has 0 aliphatic heterocycles. The minimum atomic E-state index is -0.760. The summed E-state index contributed by atoms with van der Waals surface area (Å²) in [5.41, 5.74) is 0.730. The van der Waals surface area contributed by atoms with Crippen LogP contribution in [0.4, 0.5) is 8.78 Å². The van der Waals surface area contributed by atoms with Gasteiger partial charge in [0.25, 0.3) is 5.56 Å². The molecule has 0 saturated heterocycles. The molecule has 1 atom stereocenters. The maximum atomic E-state index is 14.6. The van der Waals surface area contributed by atoms with Gasteiger partial charge in [0.2, 0.25) is 0 Å². The predicted octanol–water partition coefficient (Wildman–Crippen LogP) is 4.45. The number of nitrogens with zero attached hydrogens (tertiary/aromatic N) is 4. The molecule has 0 unspecified atom stereocenters. The maximum absolute atomic E-state index is 14.6. The molecule has 2 heterocycles. The lowest BCUT2D eigenvalue weighted by molar-refractivity contribution is 0.278. The number of hydrogen-bond acceptors (Lipinski definition) is 5. The Hall–Kier alpha value is -4.11. The molecule has 204 valence electrons. The van der Waals surface area contributed by atoms with Crippen LogP contribution in [0.5, 0.6) is 5.75 Å². The first-order chi connectivity index (χ1) is 18.7. The molecule has 4 rings (SSSR count). The fraction of sp³-hybridized carbons (Fsp3) is 0.300. The van der Waals surface area contributed by atoms with E-state index in [2.05, 4.69) is 4.98 Å². The summed E-state index contributed by atoms with van der Waals surface area (Å²) in [5.74, 6) is -0.980. The second kappa shape index (κ2) is 12.2. The van der Waals surface area contributed by atoms with Gasteiger partial charge in [0.05, 0.1) is 25.3 Å². The highest BCUT2D eigenvalue weighted by atomic mass is 19.1. The van der Waals surface area contributed by atoms with Crippen molar-refractivity contribution in [3.63, 3.8) is 0 Å². The number of halogens is 2. The average molecular weight is 535 g/mol. The Labute approximate surface area is 225 Å². The highest BCUT2D eigenvalue weighted by molar-refractivity contribution is 5.66. The molecule has 7 nitrogen and oxygen atoms in total. The largest absolute Gasteiger partial charge is 0.497 e. The van der Waals surface area contributed by atoms with Gasteiger partial charge in [-0.15, -0.1) is 0 Å². The van der Waals surface area contributed by atoms with E-state index < -0.39 is 28.9 Å². The Kier molecular flexibility index (Phi) is 8.71. The SMILES string of the molecule is COc1cccc(-c2c(C)n(Cc3c(F)cccc3F)c(=O)n([C@H](C)CN(C)CCc3ccccn3)c2=O)c1. The molecule has 0 aliphatic carbocycles. The molecule has 0 spiro atoms. The van der Waals surface area contributed by atoms with Gasteiger partial charge in [0.1, 0.15) is 17.4 Å². The van der Waals surface area contributed by atoms with E-state index >= 15 is 0 Å². The van der Waals surface area contributed by atoms with Crippen molar-refractivity contribution in [3.05, 3.63) is 116 Å². The second-order valence-corrected chi connectivity index (χ2v) is 9.62. The third-order valence-electron chi connectivity index (χ3n) is 6.87. The zero-order valence-electron chi connectivity index (χ0n) is 22.5. The smallest absolute Gasteiger partial charge is 0.331 e. The van der Waals surface area contributed by atoms with Gasteiger partial charge in [-0.3, -0.25) is 18.9 Å². The minimum absolute atomic E-state index is 0.246. The topological polar surface area (TPSA) is 69.4 Å². The van der Waals surface area contributed by atoms with Crippen molar-refractivity contribution in [2.45, 2.75) is 32.9 Å². The van der Waals surface area contributed by atoms with Crippen molar-refractivity contribution in [1.29, 1.82) is 0 Å². The van der Waals surface area contributed by atoms with E-state index in [0.29, 0.717) is 36.5 Å². The van der Waals surface area contributed by atoms with Crippen LogP contribution in [0.1, 0.15) is 29.9 Å². The summed E-state index contributed by atoms with van der Waals surface area (Å²) in [6.07, 6.45) is 2.45. The monoisotopic (exact) mass is 534 g/mol. The molecule has 0 amide bonds. The lowest BCUT2D eigenvalue weighted by atomic mass is 10.0. The van der Waals surface area contributed by atoms with Crippen LogP contribution in [0.3, 0.4) is 0 Å². The Balaban J connectivity index is 1.78. The molecular formula is C30H32F2N4O3. The van der Waals surface area contributed by atoms with Crippen LogP contribution in [-0.4, -0.2) is 46.3 Å². The average Bonchev–Trinajstić information content (AvgIpc) is 2.92. The fourth-order valence-electron chi connectivity index (χ4n) is 4.77. The number of methoxy groups -OCH3 is 1. The first-order valence-electron chi connectivity index (χ1n) is 12.7. The third-order valence-corrected chi connectivity index (χ3v) is 6.87. The second-order valence-electron chi connectivity index (χ2n) is 9.62. The number of rotatable bonds is 10. The number of benzene rings is 2. The molecule has 0 bridgehead atoms. The summed E-state index contributed by atoms with van der Waals surface area (Å²) in [4.78, 5) is 34.0. The fourth-order valence-corrected chi connectivity index (χ4v) is 4.77. The van der Waals surface area contributed by atoms with E-state index in [1.807, 2.05) is 30.1 Å². The zero-order chi connectivity index (χ0) is 28.1. The van der Waals surface area contributed by atoms with Crippen LogP contribution >= 0.6 is 0 Å². The van der Waals surface area contributed by atoms with Gasteiger partial charge in [-0.1, -0.05) is 24.3 Å². The predicted molar refractivity (Wildman–Crippen MR) is 147 cm³/mol. The molecular weight excluding hydrogens is 502 g/mol. The molecule has 0 fully saturated rings. The summed E-state index contributed by atoms with van der Waals surface area (Å²) in [6.45, 7) is 4.11. The highest BCUT2D eigenvalue weighted by Crippen LogP contribution is 2.25. The van der Waals surface area contributed by atoms with E-state index in [4.69, 9.17) is 4.74 Å². The van der Waals surface area contributed by atoms with Crippen molar-refractivity contribution < 1.29 is 13.5 Å². The molecule has 39 heavy (non-hydrogen) atoms. The van der Waals surface area contributed by atoms with Crippen LogP contribution in [0.2, 0.25) is 0 Å². The van der Waals surface area contributed by atoms with E-state index in [0.717, 1.165) is 17.8 Å². The van der Waals surface area contributed by atoms with Crippen molar-refractivity contribution in [3.8, 4) is 16.9 Å². The van der Waals surface area contributed by atoms with Crippen molar-refractivity contribution in [1.82, 2.24) is 19.0 Å². The van der Waals surface area contributed by atoms with Crippen LogP contribution in [-0.2, 0) is 13.0 Å². The normalized spacial score (nSPS) is 12.1. The Morgan fingerprint density at radius 2 is 1.74 bits per heavy atom. The van der Waals surface area contributed by atoms with Crippen molar-refractivity contribution in [2.75, 3.05) is 27.2 Å². The molecule has 0 aliphatic rings. The van der Waals surface area contributed by atoms with Gasteiger partial charge >= 0.3 is 5.69 Å². The van der Waals surface area contributed by atoms with E-state index in [-0.39, 0.29) is 17.7 Å². The standard InChI is InChI=1S/C30H32F2N4O3/c1-20(18-34(3)16-14-23-10-5-6-15-33-23)36-29(37)28(22-9-7-11-24(17-22)39-4)21(2)35(30(36)38)19-25-26(31)12-8-13-27(25)32/h5-13,15,17,20H,14,16,18-19H2,1-4H3/t20-/m1/s1. The first-order valence-corrected chi connectivity index (χ1v) is 12.7. The summed E-state index contributed by atoms with van der Waals surface area (Å²) in [7, 11) is 3.43. The lowest BCUT2D eigenvalue weighted by Gasteiger charge is -2.25. The Morgan fingerprint density at radius 1 is 1.03 bits per heavy atom. The van der Waals surface area contributed by atoms with Gasteiger partial charge in [-0.05, 0) is 62.9 Å². The van der Waals surface area contributed by atoms with Crippen molar-refractivity contribution >= 4 is 0 Å². The highest BCUT2D eigenvalue weighted by Gasteiger charge is 2.23. The number of ether oxygens (including phenoxy) is 1. The maximum Gasteiger partial charge on any atom is 0.331 e. The van der Waals surface area contributed by atoms with Gasteiger partial charge in [-0.2, -0.15) is 0 Å². The molecule has 0 N–H and O–H groups in total. The lowest BCUT2D eigenvalue weighted by Crippen LogP contribution is -2.46. The number of pyridine rings is 1. The first kappa shape index (κ1) is 27.9. The van der Waals surface area contributed by atoms with Gasteiger partial charge < -0.3 is 9.64 Å². The Morgan fingerprint density at radius 3 is 2.41 bits per heavy atom. The number of likely N-dealkylation sites (N-methyl/N-ethyl adjacent to an activating group) is 1. The van der Waals surface area contributed by atoms with Crippen LogP contribution in [0.25, 0.3) is 11.1 Å². The van der Waals surface area contributed by atoms with Crippen LogP contribution < -0.4 is 16.0 Å². The summed E-state index contributed by atoms with van der Waals surface area (Å²) in [5, 5.41) is 0. The van der Waals surface area contributed by atoms with Crippen molar-refractivity contribution in [2.24, 2.45) is 0 Å². The third kappa shape index (κ3) is 6.15. The number of hydrogen-bond donors (Lipinski definition) is 0. The van der Waals surface area contributed by atoms with E-state index in [1.54, 1.807) is 44.3 Å². The quantitative estimate of drug-likeness (QED) is 0.301. The summed E-state index contributed by atoms with van der Waals surface area (Å²) >= 11 is 0. The summed E-state index contributed by atoms with van der Waals surface area (Å²) in [6, 6.07) is 15.7. The summed E-state index contributed by atoms with van der Waals surface area (Å²) < 4.78 is 37.0. The minimum Gasteiger partial charge on any atom is -0.497 e.